The Labute approximate surface area is 180 Å². The molecule has 0 fully saturated rings. The molecule has 30 heavy (non-hydrogen) atoms. The number of carbonyl (C=O) groups excluding carboxylic acids is 1. The highest BCUT2D eigenvalue weighted by atomic mass is 32.2. The SMILES string of the molecule is CC(=O)Nc1ccc(C2=Nn3c(nc4scc(-c5ccccc5)c4c3=O)SC2)cc1. The summed E-state index contributed by atoms with van der Waals surface area (Å²) in [6, 6.07) is 17.3. The zero-order valence-corrected chi connectivity index (χ0v) is 17.6. The Morgan fingerprint density at radius 1 is 1.07 bits per heavy atom. The van der Waals surface area contributed by atoms with Gasteiger partial charge >= 0.3 is 0 Å². The molecule has 6 nitrogen and oxygen atoms in total. The molecular formula is C22H16N4O2S2. The van der Waals surface area contributed by atoms with Crippen molar-refractivity contribution in [1.29, 1.82) is 0 Å². The van der Waals surface area contributed by atoms with E-state index >= 15 is 0 Å². The van der Waals surface area contributed by atoms with Gasteiger partial charge in [-0.25, -0.2) is 4.98 Å². The number of hydrogen-bond acceptors (Lipinski definition) is 6. The van der Waals surface area contributed by atoms with Crippen molar-refractivity contribution >= 4 is 50.6 Å². The molecule has 5 rings (SSSR count). The lowest BCUT2D eigenvalue weighted by atomic mass is 10.1. The van der Waals surface area contributed by atoms with Gasteiger partial charge in [0.05, 0.1) is 11.1 Å². The van der Waals surface area contributed by atoms with Crippen LogP contribution in [0.1, 0.15) is 12.5 Å². The monoisotopic (exact) mass is 432 g/mol. The lowest BCUT2D eigenvalue weighted by Crippen LogP contribution is -2.25. The third kappa shape index (κ3) is 3.34. The first-order valence-corrected chi connectivity index (χ1v) is 11.1. The van der Waals surface area contributed by atoms with Gasteiger partial charge in [0.15, 0.2) is 5.16 Å². The topological polar surface area (TPSA) is 76.3 Å². The second-order valence-electron chi connectivity index (χ2n) is 6.80. The molecule has 3 heterocycles. The summed E-state index contributed by atoms with van der Waals surface area (Å²) in [5, 5.41) is 10.6. The van der Waals surface area contributed by atoms with Crippen molar-refractivity contribution < 1.29 is 4.79 Å². The normalized spacial score (nSPS) is 13.0. The number of benzene rings is 2. The molecule has 0 spiro atoms. The first-order valence-electron chi connectivity index (χ1n) is 9.28. The van der Waals surface area contributed by atoms with Gasteiger partial charge in [0.25, 0.3) is 5.56 Å². The van der Waals surface area contributed by atoms with Gasteiger partial charge in [0.2, 0.25) is 5.91 Å². The first-order chi connectivity index (χ1) is 14.6. The minimum atomic E-state index is -0.158. The van der Waals surface area contributed by atoms with Crippen molar-refractivity contribution in [1.82, 2.24) is 9.66 Å². The molecule has 1 aliphatic rings. The van der Waals surface area contributed by atoms with Crippen LogP contribution in [0.15, 0.2) is 75.0 Å². The van der Waals surface area contributed by atoms with Crippen LogP contribution in [-0.4, -0.2) is 27.0 Å². The van der Waals surface area contributed by atoms with E-state index < -0.39 is 0 Å². The number of thiophene rings is 1. The maximum atomic E-state index is 13.3. The summed E-state index contributed by atoms with van der Waals surface area (Å²) in [5.74, 6) is 0.503. The molecule has 0 bridgehead atoms. The van der Waals surface area contributed by atoms with Crippen molar-refractivity contribution in [3.8, 4) is 11.1 Å². The molecule has 1 amide bonds. The summed E-state index contributed by atoms with van der Waals surface area (Å²) in [7, 11) is 0. The zero-order chi connectivity index (χ0) is 20.7. The molecule has 2 aromatic heterocycles. The van der Waals surface area contributed by atoms with Crippen molar-refractivity contribution in [2.75, 3.05) is 11.1 Å². The average molecular weight is 433 g/mol. The number of carbonyl (C=O) groups is 1. The van der Waals surface area contributed by atoms with Gasteiger partial charge in [-0.1, -0.05) is 54.2 Å². The van der Waals surface area contributed by atoms with Crippen molar-refractivity contribution in [2.24, 2.45) is 5.10 Å². The van der Waals surface area contributed by atoms with Crippen LogP contribution >= 0.6 is 23.1 Å². The summed E-state index contributed by atoms with van der Waals surface area (Å²) >= 11 is 2.98. The fraction of sp³-hybridized carbons (Fsp3) is 0.0909. The van der Waals surface area contributed by atoms with Gasteiger partial charge in [-0.05, 0) is 23.3 Å². The number of hydrogen-bond donors (Lipinski definition) is 1. The van der Waals surface area contributed by atoms with Crippen LogP contribution in [0.4, 0.5) is 5.69 Å². The summed E-state index contributed by atoms with van der Waals surface area (Å²) in [4.78, 5) is 30.0. The van der Waals surface area contributed by atoms with Gasteiger partial charge < -0.3 is 5.32 Å². The quantitative estimate of drug-likeness (QED) is 0.486. The largest absolute Gasteiger partial charge is 0.326 e. The standard InChI is InChI=1S/C22H16N4O2S2/c1-13(27)23-16-9-7-15(8-10-16)18-12-30-22-24-20-19(21(28)26(22)25-18)17(11-29-20)14-5-3-2-4-6-14/h2-11H,12H2,1H3,(H,23,27). The van der Waals surface area contributed by atoms with Crippen LogP contribution in [0.25, 0.3) is 21.3 Å². The number of anilines is 1. The predicted octanol–water partition coefficient (Wildman–Crippen LogP) is 4.44. The molecule has 0 saturated carbocycles. The Hall–Kier alpha value is -3.23. The summed E-state index contributed by atoms with van der Waals surface area (Å²) in [5.41, 5.74) is 4.14. The number of aromatic nitrogens is 2. The zero-order valence-electron chi connectivity index (χ0n) is 16.0. The Morgan fingerprint density at radius 3 is 2.57 bits per heavy atom. The molecule has 1 aliphatic heterocycles. The van der Waals surface area contributed by atoms with E-state index in [-0.39, 0.29) is 11.5 Å². The van der Waals surface area contributed by atoms with Crippen molar-refractivity contribution in [3.05, 3.63) is 75.9 Å². The highest BCUT2D eigenvalue weighted by Gasteiger charge is 2.21. The molecular weight excluding hydrogens is 416 g/mol. The third-order valence-corrected chi connectivity index (χ3v) is 6.55. The highest BCUT2D eigenvalue weighted by molar-refractivity contribution is 7.99. The van der Waals surface area contributed by atoms with E-state index in [0.717, 1.165) is 32.9 Å². The fourth-order valence-corrected chi connectivity index (χ4v) is 5.24. The highest BCUT2D eigenvalue weighted by Crippen LogP contribution is 2.33. The smallest absolute Gasteiger partial charge is 0.284 e. The number of nitrogens with one attached hydrogen (secondary N) is 1. The molecule has 0 unspecified atom stereocenters. The van der Waals surface area contributed by atoms with E-state index in [2.05, 4.69) is 15.4 Å². The Balaban J connectivity index is 1.59. The van der Waals surface area contributed by atoms with Crippen LogP contribution in [0.3, 0.4) is 0 Å². The number of rotatable bonds is 3. The van der Waals surface area contributed by atoms with Crippen LogP contribution in [-0.2, 0) is 4.79 Å². The number of fused-ring (bicyclic) bond motifs is 2. The van der Waals surface area contributed by atoms with Crippen LogP contribution in [0.5, 0.6) is 0 Å². The first kappa shape index (κ1) is 18.8. The van der Waals surface area contributed by atoms with Crippen LogP contribution in [0, 0.1) is 0 Å². The molecule has 2 aromatic carbocycles. The second kappa shape index (κ2) is 7.55. The molecule has 0 aliphatic carbocycles. The van der Waals surface area contributed by atoms with E-state index in [4.69, 9.17) is 0 Å². The van der Waals surface area contributed by atoms with Crippen molar-refractivity contribution in [3.63, 3.8) is 0 Å². The summed E-state index contributed by atoms with van der Waals surface area (Å²) < 4.78 is 1.41. The van der Waals surface area contributed by atoms with Gasteiger partial charge in [0, 0.05) is 29.3 Å². The summed E-state index contributed by atoms with van der Waals surface area (Å²) in [6.07, 6.45) is 0. The van der Waals surface area contributed by atoms with Crippen molar-refractivity contribution in [2.45, 2.75) is 12.1 Å². The Morgan fingerprint density at radius 2 is 1.83 bits per heavy atom. The van der Waals surface area contributed by atoms with Gasteiger partial charge in [0.1, 0.15) is 4.83 Å². The maximum absolute atomic E-state index is 13.3. The fourth-order valence-electron chi connectivity index (χ4n) is 3.35. The van der Waals surface area contributed by atoms with Crippen LogP contribution < -0.4 is 10.9 Å². The van der Waals surface area contributed by atoms with E-state index in [0.29, 0.717) is 16.3 Å². The molecule has 4 aromatic rings. The molecule has 8 heteroatoms. The maximum Gasteiger partial charge on any atom is 0.284 e. The Kier molecular flexibility index (Phi) is 4.72. The summed E-state index contributed by atoms with van der Waals surface area (Å²) in [6.45, 7) is 1.47. The molecule has 148 valence electrons. The lowest BCUT2D eigenvalue weighted by Gasteiger charge is -2.16. The average Bonchev–Trinajstić information content (AvgIpc) is 3.19. The van der Waals surface area contributed by atoms with E-state index in [9.17, 15) is 9.59 Å². The van der Waals surface area contributed by atoms with Crippen LogP contribution in [0.2, 0.25) is 0 Å². The number of thioether (sulfide) groups is 1. The van der Waals surface area contributed by atoms with Gasteiger partial charge in [-0.2, -0.15) is 9.78 Å². The predicted molar refractivity (Wildman–Crippen MR) is 123 cm³/mol. The molecule has 1 N–H and O–H groups in total. The second-order valence-corrected chi connectivity index (χ2v) is 8.60. The van der Waals surface area contributed by atoms with E-state index in [1.807, 2.05) is 60.0 Å². The lowest BCUT2D eigenvalue weighted by molar-refractivity contribution is -0.114. The molecule has 0 radical (unpaired) electrons. The van der Waals surface area contributed by atoms with E-state index in [1.54, 1.807) is 0 Å². The van der Waals surface area contributed by atoms with E-state index in [1.165, 1.54) is 34.7 Å². The Bertz CT molecular complexity index is 1360. The number of nitrogens with zero attached hydrogens (tertiary/aromatic N) is 3. The van der Waals surface area contributed by atoms with Gasteiger partial charge in [-0.15, -0.1) is 11.3 Å². The third-order valence-electron chi connectivity index (χ3n) is 4.74. The molecule has 0 saturated heterocycles. The number of amides is 1. The van der Waals surface area contributed by atoms with Gasteiger partial charge in [-0.3, -0.25) is 9.59 Å². The molecule has 0 atom stereocenters. The minimum Gasteiger partial charge on any atom is -0.326 e. The minimum absolute atomic E-state index is 0.117.